The van der Waals surface area contributed by atoms with Crippen LogP contribution in [0.3, 0.4) is 0 Å². The van der Waals surface area contributed by atoms with Crippen molar-refractivity contribution in [1.29, 1.82) is 0 Å². The number of rotatable bonds is 7. The van der Waals surface area contributed by atoms with Gasteiger partial charge in [0.15, 0.2) is 0 Å². The Hall–Kier alpha value is -0.800. The van der Waals surface area contributed by atoms with Crippen LogP contribution < -0.4 is 0 Å². The minimum Gasteiger partial charge on any atom is -0.469 e. The number of hydrogen-bond acceptors (Lipinski definition) is 3. The van der Waals surface area contributed by atoms with Gasteiger partial charge in [-0.25, -0.2) is 0 Å². The topological polar surface area (TPSA) is 25.6 Å². The molecule has 0 amide bonds. The Morgan fingerprint density at radius 2 is 2.44 bits per heavy atom. The van der Waals surface area contributed by atoms with Crippen molar-refractivity contribution in [3.63, 3.8) is 0 Å². The third-order valence-corrected chi connectivity index (χ3v) is 3.50. The van der Waals surface area contributed by atoms with Gasteiger partial charge in [-0.2, -0.15) is 0 Å². The van der Waals surface area contributed by atoms with Crippen LogP contribution in [0.2, 0.25) is 0 Å². The first-order valence-electron chi connectivity index (χ1n) is 7.25. The van der Waals surface area contributed by atoms with Crippen molar-refractivity contribution in [1.82, 2.24) is 4.90 Å². The highest BCUT2D eigenvalue weighted by Crippen LogP contribution is 2.14. The SMILES string of the molecule is CCCO[C@@H]1CCCN(CCCc2ccco2)C1. The van der Waals surface area contributed by atoms with Gasteiger partial charge >= 0.3 is 0 Å². The predicted molar refractivity (Wildman–Crippen MR) is 72.7 cm³/mol. The molecule has 1 aromatic heterocycles. The Labute approximate surface area is 110 Å². The van der Waals surface area contributed by atoms with Crippen molar-refractivity contribution in [3.05, 3.63) is 24.2 Å². The maximum Gasteiger partial charge on any atom is 0.103 e. The minimum atomic E-state index is 0.460. The van der Waals surface area contributed by atoms with Gasteiger partial charge in [-0.3, -0.25) is 0 Å². The van der Waals surface area contributed by atoms with Gasteiger partial charge in [0.25, 0.3) is 0 Å². The van der Waals surface area contributed by atoms with Gasteiger partial charge in [-0.05, 0) is 50.9 Å². The molecule has 0 saturated carbocycles. The maximum atomic E-state index is 5.85. The summed E-state index contributed by atoms with van der Waals surface area (Å²) >= 11 is 0. The minimum absolute atomic E-state index is 0.460. The average Bonchev–Trinajstić information content (AvgIpc) is 2.90. The van der Waals surface area contributed by atoms with Gasteiger partial charge < -0.3 is 14.1 Å². The summed E-state index contributed by atoms with van der Waals surface area (Å²) in [4.78, 5) is 2.53. The predicted octanol–water partition coefficient (Wildman–Crippen LogP) is 3.10. The maximum absolute atomic E-state index is 5.85. The number of hydrogen-bond donors (Lipinski definition) is 0. The first-order chi connectivity index (χ1) is 8.88. The highest BCUT2D eigenvalue weighted by molar-refractivity contribution is 4.98. The summed E-state index contributed by atoms with van der Waals surface area (Å²) < 4.78 is 11.2. The second kappa shape index (κ2) is 7.59. The van der Waals surface area contributed by atoms with Crippen molar-refractivity contribution in [3.8, 4) is 0 Å². The van der Waals surface area contributed by atoms with E-state index < -0.39 is 0 Å². The van der Waals surface area contributed by atoms with E-state index in [1.165, 1.54) is 25.8 Å². The molecule has 0 N–H and O–H groups in total. The van der Waals surface area contributed by atoms with Crippen LogP contribution in [0.15, 0.2) is 22.8 Å². The molecule has 1 aliphatic heterocycles. The van der Waals surface area contributed by atoms with Crippen molar-refractivity contribution in [2.45, 2.75) is 45.1 Å². The molecule has 0 bridgehead atoms. The molecule has 3 heteroatoms. The lowest BCUT2D eigenvalue weighted by atomic mass is 10.1. The normalized spacial score (nSPS) is 21.3. The lowest BCUT2D eigenvalue weighted by molar-refractivity contribution is -0.000253. The van der Waals surface area contributed by atoms with Crippen LogP contribution in [0.4, 0.5) is 0 Å². The van der Waals surface area contributed by atoms with Crippen molar-refractivity contribution in [2.24, 2.45) is 0 Å². The van der Waals surface area contributed by atoms with Crippen LogP contribution in [0, 0.1) is 0 Å². The standard InChI is InChI=1S/C15H25NO2/c1-2-11-17-15-7-4-10-16(13-15)9-3-6-14-8-5-12-18-14/h5,8,12,15H,2-4,6-7,9-11,13H2,1H3/t15-/m1/s1. The molecule has 1 fully saturated rings. The lowest BCUT2D eigenvalue weighted by Crippen LogP contribution is -2.40. The highest BCUT2D eigenvalue weighted by atomic mass is 16.5. The number of furan rings is 1. The average molecular weight is 251 g/mol. The summed E-state index contributed by atoms with van der Waals surface area (Å²) in [5.41, 5.74) is 0. The molecule has 0 spiro atoms. The number of ether oxygens (including phenoxy) is 1. The van der Waals surface area contributed by atoms with E-state index in [4.69, 9.17) is 9.15 Å². The summed E-state index contributed by atoms with van der Waals surface area (Å²) in [5.74, 6) is 1.10. The fraction of sp³-hybridized carbons (Fsp3) is 0.733. The number of likely N-dealkylation sites (tertiary alicyclic amines) is 1. The van der Waals surface area contributed by atoms with E-state index in [0.29, 0.717) is 6.10 Å². The van der Waals surface area contributed by atoms with E-state index in [-0.39, 0.29) is 0 Å². The molecule has 2 heterocycles. The zero-order valence-corrected chi connectivity index (χ0v) is 11.4. The largest absolute Gasteiger partial charge is 0.469 e. The zero-order valence-electron chi connectivity index (χ0n) is 11.4. The van der Waals surface area contributed by atoms with Crippen molar-refractivity contribution >= 4 is 0 Å². The summed E-state index contributed by atoms with van der Waals surface area (Å²) in [5, 5.41) is 0. The van der Waals surface area contributed by atoms with E-state index in [0.717, 1.165) is 38.3 Å². The van der Waals surface area contributed by atoms with E-state index in [1.54, 1.807) is 6.26 Å². The van der Waals surface area contributed by atoms with Gasteiger partial charge in [0.05, 0.1) is 12.4 Å². The Kier molecular flexibility index (Phi) is 5.75. The van der Waals surface area contributed by atoms with E-state index >= 15 is 0 Å². The van der Waals surface area contributed by atoms with Crippen LogP contribution in [0.5, 0.6) is 0 Å². The molecule has 102 valence electrons. The molecule has 1 saturated heterocycles. The molecule has 0 aliphatic carbocycles. The Bertz CT molecular complexity index is 310. The smallest absolute Gasteiger partial charge is 0.103 e. The molecular weight excluding hydrogens is 226 g/mol. The molecule has 1 atom stereocenters. The number of nitrogens with zero attached hydrogens (tertiary/aromatic N) is 1. The van der Waals surface area contributed by atoms with Gasteiger partial charge in [-0.15, -0.1) is 0 Å². The van der Waals surface area contributed by atoms with Crippen molar-refractivity contribution < 1.29 is 9.15 Å². The molecular formula is C15H25NO2. The van der Waals surface area contributed by atoms with Gasteiger partial charge in [0, 0.05) is 19.6 Å². The van der Waals surface area contributed by atoms with Crippen LogP contribution >= 0.6 is 0 Å². The molecule has 2 rings (SSSR count). The fourth-order valence-corrected chi connectivity index (χ4v) is 2.57. The zero-order chi connectivity index (χ0) is 12.6. The van der Waals surface area contributed by atoms with Crippen molar-refractivity contribution in [2.75, 3.05) is 26.2 Å². The molecule has 0 unspecified atom stereocenters. The van der Waals surface area contributed by atoms with Gasteiger partial charge in [0.1, 0.15) is 5.76 Å². The van der Waals surface area contributed by atoms with Crippen LogP contribution in [-0.2, 0) is 11.2 Å². The second-order valence-corrected chi connectivity index (χ2v) is 5.12. The van der Waals surface area contributed by atoms with Crippen LogP contribution in [-0.4, -0.2) is 37.2 Å². The molecule has 3 nitrogen and oxygen atoms in total. The molecule has 0 radical (unpaired) electrons. The van der Waals surface area contributed by atoms with Gasteiger partial charge in [-0.1, -0.05) is 6.92 Å². The quantitative estimate of drug-likeness (QED) is 0.744. The first kappa shape index (κ1) is 13.6. The summed E-state index contributed by atoms with van der Waals surface area (Å²) in [7, 11) is 0. The highest BCUT2D eigenvalue weighted by Gasteiger charge is 2.19. The Balaban J connectivity index is 1.63. The Morgan fingerprint density at radius 1 is 1.50 bits per heavy atom. The Morgan fingerprint density at radius 3 is 3.22 bits per heavy atom. The monoisotopic (exact) mass is 251 g/mol. The van der Waals surface area contributed by atoms with Crippen LogP contribution in [0.1, 0.15) is 38.4 Å². The lowest BCUT2D eigenvalue weighted by Gasteiger charge is -2.32. The molecule has 1 aliphatic rings. The number of piperidine rings is 1. The first-order valence-corrected chi connectivity index (χ1v) is 7.25. The third-order valence-electron chi connectivity index (χ3n) is 3.50. The summed E-state index contributed by atoms with van der Waals surface area (Å²) in [6, 6.07) is 4.02. The summed E-state index contributed by atoms with van der Waals surface area (Å²) in [6.07, 6.45) is 8.06. The second-order valence-electron chi connectivity index (χ2n) is 5.12. The number of aryl methyl sites for hydroxylation is 1. The van der Waals surface area contributed by atoms with E-state index in [2.05, 4.69) is 17.9 Å². The van der Waals surface area contributed by atoms with Gasteiger partial charge in [0.2, 0.25) is 0 Å². The molecule has 1 aromatic rings. The molecule has 0 aromatic carbocycles. The molecule has 18 heavy (non-hydrogen) atoms. The third kappa shape index (κ3) is 4.46. The fourth-order valence-electron chi connectivity index (χ4n) is 2.57. The van der Waals surface area contributed by atoms with Crippen LogP contribution in [0.25, 0.3) is 0 Å². The van der Waals surface area contributed by atoms with E-state index in [9.17, 15) is 0 Å². The van der Waals surface area contributed by atoms with E-state index in [1.807, 2.05) is 6.07 Å². The summed E-state index contributed by atoms with van der Waals surface area (Å²) in [6.45, 7) is 6.57.